The van der Waals surface area contributed by atoms with E-state index in [1.54, 1.807) is 0 Å². The molecular formula is C19H23FN2O4. The number of amides is 2. The highest BCUT2D eigenvalue weighted by Crippen LogP contribution is 2.32. The summed E-state index contributed by atoms with van der Waals surface area (Å²) in [5, 5.41) is 12.0. The van der Waals surface area contributed by atoms with Gasteiger partial charge in [-0.3, -0.25) is 9.59 Å². The van der Waals surface area contributed by atoms with Crippen LogP contribution in [0.2, 0.25) is 0 Å². The van der Waals surface area contributed by atoms with Gasteiger partial charge in [0.05, 0.1) is 0 Å². The Morgan fingerprint density at radius 2 is 1.69 bits per heavy atom. The van der Waals surface area contributed by atoms with Gasteiger partial charge in [0.1, 0.15) is 11.9 Å². The molecule has 1 unspecified atom stereocenters. The van der Waals surface area contributed by atoms with E-state index in [4.69, 9.17) is 0 Å². The van der Waals surface area contributed by atoms with E-state index < -0.39 is 17.8 Å². The van der Waals surface area contributed by atoms with Crippen molar-refractivity contribution in [2.24, 2.45) is 11.8 Å². The fourth-order valence-corrected chi connectivity index (χ4v) is 3.30. The summed E-state index contributed by atoms with van der Waals surface area (Å²) in [5.74, 6) is -1.73. The number of hydrogen-bond donors (Lipinski definition) is 2. The molecule has 0 bridgehead atoms. The molecule has 7 heteroatoms. The van der Waals surface area contributed by atoms with Crippen LogP contribution in [-0.2, 0) is 20.8 Å². The Morgan fingerprint density at radius 3 is 2.23 bits per heavy atom. The number of nitrogens with one attached hydrogen (secondary N) is 1. The lowest BCUT2D eigenvalue weighted by Crippen LogP contribution is -2.48. The zero-order valence-electron chi connectivity index (χ0n) is 14.5. The molecule has 1 aliphatic carbocycles. The summed E-state index contributed by atoms with van der Waals surface area (Å²) < 4.78 is 13.0. The number of halogens is 1. The molecule has 1 aliphatic heterocycles. The highest BCUT2D eigenvalue weighted by Gasteiger charge is 2.36. The second kappa shape index (κ2) is 7.85. The lowest BCUT2D eigenvalue weighted by molar-refractivity contribution is -0.143. The fourth-order valence-electron chi connectivity index (χ4n) is 3.30. The van der Waals surface area contributed by atoms with Gasteiger partial charge in [0.2, 0.25) is 11.8 Å². The molecule has 1 aromatic rings. The van der Waals surface area contributed by atoms with Crippen molar-refractivity contribution in [3.8, 4) is 0 Å². The first-order valence-corrected chi connectivity index (χ1v) is 9.00. The third kappa shape index (κ3) is 4.59. The Kier molecular flexibility index (Phi) is 5.54. The predicted octanol–water partition coefficient (Wildman–Crippen LogP) is 1.59. The molecule has 2 amide bonds. The number of nitrogens with zero attached hydrogens (tertiary/aromatic N) is 1. The third-order valence-corrected chi connectivity index (χ3v) is 5.07. The highest BCUT2D eigenvalue weighted by molar-refractivity contribution is 5.86. The molecule has 0 radical (unpaired) electrons. The standard InChI is InChI=1S/C19H23FN2O4/c20-15-5-1-12(2-6-15)11-16(19(25)26)21-17(23)13-7-9-22(10-8-13)18(24)14-3-4-14/h1-2,5-6,13-14,16H,3-4,7-11H2,(H,21,23)(H,25,26). The molecule has 1 atom stereocenters. The van der Waals surface area contributed by atoms with Crippen molar-refractivity contribution in [3.63, 3.8) is 0 Å². The number of carboxylic acid groups (broad SMARTS) is 1. The van der Waals surface area contributed by atoms with Gasteiger partial charge in [-0.15, -0.1) is 0 Å². The average molecular weight is 362 g/mol. The first-order chi connectivity index (χ1) is 12.4. The van der Waals surface area contributed by atoms with E-state index in [9.17, 15) is 23.9 Å². The maximum absolute atomic E-state index is 13.0. The van der Waals surface area contributed by atoms with Gasteiger partial charge in [0, 0.05) is 31.3 Å². The van der Waals surface area contributed by atoms with Crippen LogP contribution in [0.25, 0.3) is 0 Å². The van der Waals surface area contributed by atoms with Crippen LogP contribution >= 0.6 is 0 Å². The van der Waals surface area contributed by atoms with Gasteiger partial charge in [-0.1, -0.05) is 12.1 Å². The normalized spacial score (nSPS) is 19.0. The Labute approximate surface area is 151 Å². The van der Waals surface area contributed by atoms with Crippen LogP contribution in [0.15, 0.2) is 24.3 Å². The zero-order chi connectivity index (χ0) is 18.7. The van der Waals surface area contributed by atoms with Gasteiger partial charge in [-0.25, -0.2) is 9.18 Å². The topological polar surface area (TPSA) is 86.7 Å². The summed E-state index contributed by atoms with van der Waals surface area (Å²) in [6.45, 7) is 1.09. The third-order valence-electron chi connectivity index (χ3n) is 5.07. The van der Waals surface area contributed by atoms with Crippen molar-refractivity contribution >= 4 is 17.8 Å². The number of carbonyl (C=O) groups excluding carboxylic acids is 2. The molecule has 6 nitrogen and oxygen atoms in total. The minimum Gasteiger partial charge on any atom is -0.480 e. The molecular weight excluding hydrogens is 339 g/mol. The van der Waals surface area contributed by atoms with Crippen molar-refractivity contribution in [3.05, 3.63) is 35.6 Å². The number of piperidine rings is 1. The summed E-state index contributed by atoms with van der Waals surface area (Å²) >= 11 is 0. The summed E-state index contributed by atoms with van der Waals surface area (Å²) in [6, 6.07) is 4.50. The number of hydrogen-bond acceptors (Lipinski definition) is 3. The van der Waals surface area contributed by atoms with Crippen molar-refractivity contribution in [2.45, 2.75) is 38.1 Å². The van der Waals surface area contributed by atoms with E-state index in [-0.39, 0.29) is 30.1 Å². The van der Waals surface area contributed by atoms with Crippen LogP contribution in [-0.4, -0.2) is 46.9 Å². The van der Waals surface area contributed by atoms with Gasteiger partial charge in [-0.2, -0.15) is 0 Å². The minimum atomic E-state index is -1.12. The molecule has 1 heterocycles. The van der Waals surface area contributed by atoms with Gasteiger partial charge < -0.3 is 15.3 Å². The SMILES string of the molecule is O=C(NC(Cc1ccc(F)cc1)C(=O)O)C1CCN(C(=O)C2CC2)CC1. The van der Waals surface area contributed by atoms with Gasteiger partial charge in [0.25, 0.3) is 0 Å². The number of carbonyl (C=O) groups is 3. The number of carboxylic acids is 1. The van der Waals surface area contributed by atoms with Crippen molar-refractivity contribution in [2.75, 3.05) is 13.1 Å². The van der Waals surface area contributed by atoms with Crippen molar-refractivity contribution in [1.82, 2.24) is 10.2 Å². The molecule has 140 valence electrons. The van der Waals surface area contributed by atoms with Crippen LogP contribution in [0.1, 0.15) is 31.2 Å². The van der Waals surface area contributed by atoms with E-state index in [0.717, 1.165) is 12.8 Å². The number of aliphatic carboxylic acids is 1. The maximum Gasteiger partial charge on any atom is 0.326 e. The molecule has 2 N–H and O–H groups in total. The number of rotatable bonds is 6. The lowest BCUT2D eigenvalue weighted by atomic mass is 9.94. The molecule has 1 saturated heterocycles. The Balaban J connectivity index is 1.52. The average Bonchev–Trinajstić information content (AvgIpc) is 3.47. The van der Waals surface area contributed by atoms with E-state index in [1.165, 1.54) is 24.3 Å². The van der Waals surface area contributed by atoms with Crippen LogP contribution in [0.5, 0.6) is 0 Å². The Hall–Kier alpha value is -2.44. The van der Waals surface area contributed by atoms with Crippen LogP contribution in [0.4, 0.5) is 4.39 Å². The van der Waals surface area contributed by atoms with E-state index in [0.29, 0.717) is 31.5 Å². The minimum absolute atomic E-state index is 0.0976. The quantitative estimate of drug-likeness (QED) is 0.805. The van der Waals surface area contributed by atoms with Crippen molar-refractivity contribution in [1.29, 1.82) is 0 Å². The van der Waals surface area contributed by atoms with Gasteiger partial charge in [-0.05, 0) is 43.4 Å². The molecule has 2 fully saturated rings. The fraction of sp³-hybridized carbons (Fsp3) is 0.526. The molecule has 3 rings (SSSR count). The molecule has 26 heavy (non-hydrogen) atoms. The van der Waals surface area contributed by atoms with E-state index in [1.807, 2.05) is 4.90 Å². The molecule has 1 aromatic carbocycles. The molecule has 2 aliphatic rings. The smallest absolute Gasteiger partial charge is 0.326 e. The molecule has 0 aromatic heterocycles. The highest BCUT2D eigenvalue weighted by atomic mass is 19.1. The van der Waals surface area contributed by atoms with E-state index in [2.05, 4.69) is 5.32 Å². The van der Waals surface area contributed by atoms with Crippen LogP contribution < -0.4 is 5.32 Å². The second-order valence-electron chi connectivity index (χ2n) is 7.10. The lowest BCUT2D eigenvalue weighted by Gasteiger charge is -2.32. The zero-order valence-corrected chi connectivity index (χ0v) is 14.5. The van der Waals surface area contributed by atoms with Crippen LogP contribution in [0, 0.1) is 17.7 Å². The largest absolute Gasteiger partial charge is 0.480 e. The molecule has 1 saturated carbocycles. The van der Waals surface area contributed by atoms with Gasteiger partial charge >= 0.3 is 5.97 Å². The summed E-state index contributed by atoms with van der Waals surface area (Å²) in [4.78, 5) is 37.8. The summed E-state index contributed by atoms with van der Waals surface area (Å²) in [7, 11) is 0. The summed E-state index contributed by atoms with van der Waals surface area (Å²) in [5.41, 5.74) is 0.643. The first-order valence-electron chi connectivity index (χ1n) is 9.00. The van der Waals surface area contributed by atoms with Crippen LogP contribution in [0.3, 0.4) is 0 Å². The second-order valence-corrected chi connectivity index (χ2v) is 7.10. The van der Waals surface area contributed by atoms with E-state index >= 15 is 0 Å². The van der Waals surface area contributed by atoms with Gasteiger partial charge in [0.15, 0.2) is 0 Å². The van der Waals surface area contributed by atoms with Crippen molar-refractivity contribution < 1.29 is 23.9 Å². The molecule has 0 spiro atoms. The first kappa shape index (κ1) is 18.4. The Morgan fingerprint density at radius 1 is 1.08 bits per heavy atom. The number of likely N-dealkylation sites (tertiary alicyclic amines) is 1. The Bertz CT molecular complexity index is 679. The summed E-state index contributed by atoms with van der Waals surface area (Å²) in [6.07, 6.45) is 3.12. The number of benzene rings is 1. The monoisotopic (exact) mass is 362 g/mol. The predicted molar refractivity (Wildman–Crippen MR) is 91.7 cm³/mol. The maximum atomic E-state index is 13.0.